The van der Waals surface area contributed by atoms with Crippen molar-refractivity contribution in [1.29, 1.82) is 0 Å². The molecule has 0 radical (unpaired) electrons. The molecule has 0 saturated heterocycles. The minimum atomic E-state index is -0.782. The van der Waals surface area contributed by atoms with Crippen LogP contribution in [0.5, 0.6) is 11.5 Å². The predicted octanol–water partition coefficient (Wildman–Crippen LogP) is 3.46. The van der Waals surface area contributed by atoms with Crippen LogP contribution in [0.3, 0.4) is 0 Å². The van der Waals surface area contributed by atoms with E-state index in [0.717, 1.165) is 56.4 Å². The Hall–Kier alpha value is -2.62. The molecule has 0 aliphatic carbocycles. The number of aliphatic hydroxyl groups excluding tert-OH is 1. The van der Waals surface area contributed by atoms with Crippen LogP contribution in [0.4, 0.5) is 11.4 Å². The molecule has 38 heavy (non-hydrogen) atoms. The molecule has 2 aromatic carbocycles. The van der Waals surface area contributed by atoms with Gasteiger partial charge >= 0.3 is 0 Å². The van der Waals surface area contributed by atoms with Crippen LogP contribution in [0.1, 0.15) is 64.4 Å². The van der Waals surface area contributed by atoms with Crippen molar-refractivity contribution in [2.45, 2.75) is 77.4 Å². The smallest absolute Gasteiger partial charge is 0.253 e. The Kier molecular flexibility index (Phi) is 14.2. The maximum Gasteiger partial charge on any atom is 0.253 e. The highest BCUT2D eigenvalue weighted by Crippen LogP contribution is 2.29. The third kappa shape index (κ3) is 10.3. The van der Waals surface area contributed by atoms with Crippen molar-refractivity contribution in [3.63, 3.8) is 0 Å². The van der Waals surface area contributed by atoms with Gasteiger partial charge in [-0.25, -0.2) is 0 Å². The molecule has 0 saturated carbocycles. The second-order valence-electron chi connectivity index (χ2n) is 10.3. The molecule has 0 amide bonds. The van der Waals surface area contributed by atoms with Gasteiger partial charge in [0.15, 0.2) is 11.5 Å². The van der Waals surface area contributed by atoms with Gasteiger partial charge in [-0.1, -0.05) is 32.8 Å². The topological polar surface area (TPSA) is 132 Å². The largest absolute Gasteiger partial charge is 0.493 e. The third-order valence-corrected chi connectivity index (χ3v) is 6.64. The van der Waals surface area contributed by atoms with Crippen molar-refractivity contribution in [1.82, 2.24) is 0 Å². The average molecular weight is 534 g/mol. The Balaban J connectivity index is 1.68. The number of nitrogens with one attached hydrogen (secondary N) is 2. The molecule has 0 bridgehead atoms. The molecule has 2 rings (SSSR count). The second-order valence-corrected chi connectivity index (χ2v) is 10.3. The molecule has 214 valence electrons. The van der Waals surface area contributed by atoms with Gasteiger partial charge in [0.1, 0.15) is 11.4 Å². The molecule has 0 fully saturated rings. The van der Waals surface area contributed by atoms with Gasteiger partial charge in [0.2, 0.25) is 0 Å². The zero-order chi connectivity index (χ0) is 27.9. The monoisotopic (exact) mass is 533 g/mol. The summed E-state index contributed by atoms with van der Waals surface area (Å²) < 4.78 is 16.3. The number of ether oxygens (including phenoxy) is 3. The zero-order valence-corrected chi connectivity index (χ0v) is 23.5. The summed E-state index contributed by atoms with van der Waals surface area (Å²) in [6.45, 7) is 6.21. The number of aliphatic hydroxyl groups is 1. The molecule has 2 aromatic rings. The van der Waals surface area contributed by atoms with Crippen LogP contribution in [0.2, 0.25) is 0 Å². The summed E-state index contributed by atoms with van der Waals surface area (Å²) in [5.41, 5.74) is 6.76. The molecule has 0 aromatic heterocycles. The fourth-order valence-electron chi connectivity index (χ4n) is 4.20. The first-order chi connectivity index (χ1) is 18.3. The maximum atomic E-state index is 12.0. The summed E-state index contributed by atoms with van der Waals surface area (Å²) in [6.07, 6.45) is 6.60. The first-order valence-corrected chi connectivity index (χ1v) is 13.8. The van der Waals surface area contributed by atoms with Crippen LogP contribution in [0.25, 0.3) is 0 Å². The molecule has 5 N–H and O–H groups in total. The van der Waals surface area contributed by atoms with Crippen LogP contribution in [0.15, 0.2) is 27.8 Å². The van der Waals surface area contributed by atoms with Gasteiger partial charge in [0, 0.05) is 39.3 Å². The van der Waals surface area contributed by atoms with Crippen molar-refractivity contribution in [2.75, 3.05) is 51.2 Å². The lowest BCUT2D eigenvalue weighted by molar-refractivity contribution is 0.149. The van der Waals surface area contributed by atoms with Gasteiger partial charge in [0.25, 0.3) is 10.9 Å². The lowest BCUT2D eigenvalue weighted by atomic mass is 10.00. The summed E-state index contributed by atoms with van der Waals surface area (Å²) in [7, 11) is 3.32. The zero-order valence-electron chi connectivity index (χ0n) is 23.5. The number of hydrogen-bond donors (Lipinski definition) is 4. The number of anilines is 2. The molecule has 0 heterocycles. The first kappa shape index (κ1) is 31.6. The third-order valence-electron chi connectivity index (χ3n) is 6.64. The van der Waals surface area contributed by atoms with Gasteiger partial charge in [0.05, 0.1) is 19.8 Å². The van der Waals surface area contributed by atoms with Crippen LogP contribution < -0.4 is 36.7 Å². The lowest BCUT2D eigenvalue weighted by Crippen LogP contribution is -2.43. The first-order valence-electron chi connectivity index (χ1n) is 13.8. The van der Waals surface area contributed by atoms with E-state index in [4.69, 9.17) is 19.9 Å². The van der Waals surface area contributed by atoms with Gasteiger partial charge in [-0.05, 0) is 55.7 Å². The van der Waals surface area contributed by atoms with E-state index < -0.39 is 17.0 Å². The highest BCUT2D eigenvalue weighted by atomic mass is 16.5. The molecule has 2 atom stereocenters. The van der Waals surface area contributed by atoms with E-state index in [1.165, 1.54) is 5.56 Å². The van der Waals surface area contributed by atoms with Crippen LogP contribution >= 0.6 is 0 Å². The molecular weight excluding hydrogens is 486 g/mol. The number of benzene rings is 1. The predicted molar refractivity (Wildman–Crippen MR) is 154 cm³/mol. The SMILES string of the molecule is COCCCOc1cc(CCCCCCNc2c(NC[C@H](O)[C@@H](N)CCC(C)C)c(=O)c2=O)ccc1OC. The number of hydrogen-bond acceptors (Lipinski definition) is 9. The second kappa shape index (κ2) is 17.1. The number of aryl methyl sites for hydroxylation is 1. The lowest BCUT2D eigenvalue weighted by Gasteiger charge is -2.22. The van der Waals surface area contributed by atoms with Crippen molar-refractivity contribution < 1.29 is 19.3 Å². The Morgan fingerprint density at radius 2 is 1.61 bits per heavy atom. The molecule has 0 aliphatic heterocycles. The molecule has 9 nitrogen and oxygen atoms in total. The van der Waals surface area contributed by atoms with Crippen molar-refractivity contribution in [3.8, 4) is 11.5 Å². The van der Waals surface area contributed by atoms with Crippen molar-refractivity contribution in [2.24, 2.45) is 11.7 Å². The van der Waals surface area contributed by atoms with E-state index in [9.17, 15) is 14.7 Å². The summed E-state index contributed by atoms with van der Waals surface area (Å²) >= 11 is 0. The Morgan fingerprint density at radius 1 is 0.895 bits per heavy atom. The molecular formula is C29H47N3O6. The molecule has 9 heteroatoms. The van der Waals surface area contributed by atoms with Crippen molar-refractivity contribution in [3.05, 3.63) is 44.2 Å². The normalized spacial score (nSPS) is 13.0. The quantitative estimate of drug-likeness (QED) is 0.141. The fraction of sp³-hybridized carbons (Fsp3) is 0.655. The van der Waals surface area contributed by atoms with E-state index >= 15 is 0 Å². The highest BCUT2D eigenvalue weighted by molar-refractivity contribution is 5.73. The Labute approximate surface area is 226 Å². The number of nitrogens with two attached hydrogens (primary N) is 1. The summed E-state index contributed by atoms with van der Waals surface area (Å²) in [4.78, 5) is 24.0. The molecule has 0 aliphatic rings. The van der Waals surface area contributed by atoms with Gasteiger partial charge < -0.3 is 35.7 Å². The number of rotatable bonds is 21. The average Bonchev–Trinajstić information content (AvgIpc) is 2.91. The van der Waals surface area contributed by atoms with Gasteiger partial charge in [-0.15, -0.1) is 0 Å². The minimum absolute atomic E-state index is 0.143. The maximum absolute atomic E-state index is 12.0. The van der Waals surface area contributed by atoms with Crippen LogP contribution in [0, 0.1) is 5.92 Å². The van der Waals surface area contributed by atoms with Gasteiger partial charge in [-0.2, -0.15) is 0 Å². The van der Waals surface area contributed by atoms with E-state index in [1.807, 2.05) is 12.1 Å². The highest BCUT2D eigenvalue weighted by Gasteiger charge is 2.22. The molecule has 0 unspecified atom stereocenters. The number of methoxy groups -OCH3 is 2. The van der Waals surface area contributed by atoms with Crippen molar-refractivity contribution >= 4 is 11.4 Å². The summed E-state index contributed by atoms with van der Waals surface area (Å²) in [5, 5.41) is 16.3. The standard InChI is InChI=1S/C29H47N3O6/c1-20(2)11-13-22(30)23(33)19-32-27-26(28(34)29(27)35)31-15-8-6-5-7-10-21-12-14-24(37-4)25(18-21)38-17-9-16-36-3/h12,14,18,20,22-23,31-33H,5-11,13,15-17,19,30H2,1-4H3/t22-,23-/m0/s1. The van der Waals surface area contributed by atoms with E-state index in [0.29, 0.717) is 37.8 Å². The van der Waals surface area contributed by atoms with E-state index in [2.05, 4.69) is 30.5 Å². The van der Waals surface area contributed by atoms with Crippen LogP contribution in [-0.4, -0.2) is 57.8 Å². The van der Waals surface area contributed by atoms with E-state index in [1.54, 1.807) is 14.2 Å². The Morgan fingerprint density at radius 3 is 2.29 bits per heavy atom. The Bertz CT molecular complexity index is 1020. The summed E-state index contributed by atoms with van der Waals surface area (Å²) in [6, 6.07) is 5.68. The van der Waals surface area contributed by atoms with Gasteiger partial charge in [-0.3, -0.25) is 9.59 Å². The molecule has 0 spiro atoms. The summed E-state index contributed by atoms with van der Waals surface area (Å²) in [5.74, 6) is 2.00. The number of unbranched alkanes of at least 4 members (excludes halogenated alkanes) is 3. The minimum Gasteiger partial charge on any atom is -0.493 e. The van der Waals surface area contributed by atoms with Crippen LogP contribution in [-0.2, 0) is 11.2 Å². The van der Waals surface area contributed by atoms with E-state index in [-0.39, 0.29) is 18.3 Å². The fourth-order valence-corrected chi connectivity index (χ4v) is 4.20.